The Balaban J connectivity index is 2.17. The first-order chi connectivity index (χ1) is 8.56. The zero-order valence-electron chi connectivity index (χ0n) is 9.65. The minimum Gasteiger partial charge on any atom is -0.384 e. The summed E-state index contributed by atoms with van der Waals surface area (Å²) in [6.07, 6.45) is 0.306. The second kappa shape index (κ2) is 5.22. The number of pyridine rings is 1. The van der Waals surface area contributed by atoms with Gasteiger partial charge in [0.05, 0.1) is 0 Å². The van der Waals surface area contributed by atoms with Crippen LogP contribution in [-0.4, -0.2) is 41.3 Å². The van der Waals surface area contributed by atoms with Crippen LogP contribution in [0.3, 0.4) is 0 Å². The van der Waals surface area contributed by atoms with E-state index in [1.54, 1.807) is 4.90 Å². The molecule has 18 heavy (non-hydrogen) atoms. The monoisotopic (exact) mass is 268 g/mol. The molecule has 2 rings (SSSR count). The number of aromatic nitrogens is 1. The molecular formula is C11H13ClN4O2. The van der Waals surface area contributed by atoms with Crippen molar-refractivity contribution in [3.05, 3.63) is 22.8 Å². The lowest BCUT2D eigenvalue weighted by Gasteiger charge is -2.19. The van der Waals surface area contributed by atoms with Crippen molar-refractivity contribution in [3.63, 3.8) is 0 Å². The van der Waals surface area contributed by atoms with E-state index in [1.165, 1.54) is 12.1 Å². The van der Waals surface area contributed by atoms with Gasteiger partial charge < -0.3 is 16.0 Å². The topological polar surface area (TPSA) is 88.3 Å². The SMILES string of the molecule is Nc1cc(C(=O)N2CCNC(=O)CC2)cc(Cl)n1. The van der Waals surface area contributed by atoms with Gasteiger partial charge in [-0.3, -0.25) is 9.59 Å². The van der Waals surface area contributed by atoms with E-state index in [-0.39, 0.29) is 22.8 Å². The third kappa shape index (κ3) is 2.89. The molecule has 2 amide bonds. The summed E-state index contributed by atoms with van der Waals surface area (Å²) in [7, 11) is 0. The van der Waals surface area contributed by atoms with Gasteiger partial charge in [-0.05, 0) is 12.1 Å². The smallest absolute Gasteiger partial charge is 0.254 e. The molecule has 1 aliphatic heterocycles. The Morgan fingerprint density at radius 2 is 2.22 bits per heavy atom. The molecular weight excluding hydrogens is 256 g/mol. The van der Waals surface area contributed by atoms with Crippen LogP contribution in [0.2, 0.25) is 5.15 Å². The molecule has 1 aliphatic rings. The number of rotatable bonds is 1. The molecule has 0 bridgehead atoms. The number of nitrogens with zero attached hydrogens (tertiary/aromatic N) is 2. The van der Waals surface area contributed by atoms with Crippen LogP contribution in [-0.2, 0) is 4.79 Å². The van der Waals surface area contributed by atoms with Gasteiger partial charge >= 0.3 is 0 Å². The molecule has 2 heterocycles. The molecule has 0 aromatic carbocycles. The first-order valence-electron chi connectivity index (χ1n) is 5.55. The number of halogens is 1. The molecule has 0 saturated carbocycles. The van der Waals surface area contributed by atoms with Gasteiger partial charge in [0.2, 0.25) is 5.91 Å². The summed E-state index contributed by atoms with van der Waals surface area (Å²) in [6.45, 7) is 1.33. The summed E-state index contributed by atoms with van der Waals surface area (Å²) in [4.78, 5) is 28.8. The fourth-order valence-corrected chi connectivity index (χ4v) is 2.01. The van der Waals surface area contributed by atoms with E-state index in [0.717, 1.165) is 0 Å². The number of nitrogens with two attached hydrogens (primary N) is 1. The number of carbonyl (C=O) groups is 2. The molecule has 0 unspecified atom stereocenters. The van der Waals surface area contributed by atoms with E-state index in [4.69, 9.17) is 17.3 Å². The number of hydrogen-bond donors (Lipinski definition) is 2. The zero-order valence-corrected chi connectivity index (χ0v) is 10.4. The van der Waals surface area contributed by atoms with E-state index in [9.17, 15) is 9.59 Å². The van der Waals surface area contributed by atoms with Crippen LogP contribution in [0.5, 0.6) is 0 Å². The summed E-state index contributed by atoms with van der Waals surface area (Å²) in [6, 6.07) is 2.95. The van der Waals surface area contributed by atoms with Gasteiger partial charge in [-0.1, -0.05) is 11.6 Å². The second-order valence-corrected chi connectivity index (χ2v) is 4.38. The van der Waals surface area contributed by atoms with Gasteiger partial charge in [0.1, 0.15) is 11.0 Å². The van der Waals surface area contributed by atoms with E-state index in [2.05, 4.69) is 10.3 Å². The number of amides is 2. The molecule has 1 aromatic rings. The predicted octanol–water partition coefficient (Wildman–Crippen LogP) is 0.279. The van der Waals surface area contributed by atoms with Crippen molar-refractivity contribution >= 4 is 29.2 Å². The molecule has 0 aliphatic carbocycles. The molecule has 6 nitrogen and oxygen atoms in total. The summed E-state index contributed by atoms with van der Waals surface area (Å²) in [5.41, 5.74) is 5.94. The van der Waals surface area contributed by atoms with Crippen LogP contribution < -0.4 is 11.1 Å². The third-order valence-corrected chi connectivity index (χ3v) is 2.85. The largest absolute Gasteiger partial charge is 0.384 e. The Bertz CT molecular complexity index is 472. The van der Waals surface area contributed by atoms with Gasteiger partial charge in [-0.25, -0.2) is 4.98 Å². The number of nitrogen functional groups attached to an aromatic ring is 1. The van der Waals surface area contributed by atoms with Crippen LogP contribution in [0, 0.1) is 0 Å². The van der Waals surface area contributed by atoms with Crippen molar-refractivity contribution in [3.8, 4) is 0 Å². The lowest BCUT2D eigenvalue weighted by Crippen LogP contribution is -2.34. The minimum absolute atomic E-state index is 0.0439. The van der Waals surface area contributed by atoms with Gasteiger partial charge in [0.25, 0.3) is 5.91 Å². The first kappa shape index (κ1) is 12.6. The Morgan fingerprint density at radius 3 is 2.94 bits per heavy atom. The number of nitrogens with one attached hydrogen (secondary N) is 1. The van der Waals surface area contributed by atoms with Crippen molar-refractivity contribution in [2.45, 2.75) is 6.42 Å². The molecule has 3 N–H and O–H groups in total. The molecule has 1 aromatic heterocycles. The Kier molecular flexibility index (Phi) is 3.66. The normalized spacial score (nSPS) is 16.1. The van der Waals surface area contributed by atoms with Gasteiger partial charge in [0.15, 0.2) is 0 Å². The molecule has 96 valence electrons. The van der Waals surface area contributed by atoms with Gasteiger partial charge in [0, 0.05) is 31.6 Å². The molecule has 1 saturated heterocycles. The van der Waals surface area contributed by atoms with Crippen LogP contribution in [0.15, 0.2) is 12.1 Å². The van der Waals surface area contributed by atoms with Crippen molar-refractivity contribution < 1.29 is 9.59 Å². The third-order valence-electron chi connectivity index (χ3n) is 2.66. The van der Waals surface area contributed by atoms with E-state index in [1.807, 2.05) is 0 Å². The first-order valence-corrected chi connectivity index (χ1v) is 5.93. The molecule has 0 radical (unpaired) electrons. The maximum Gasteiger partial charge on any atom is 0.254 e. The van der Waals surface area contributed by atoms with Crippen LogP contribution in [0.1, 0.15) is 16.8 Å². The number of hydrogen-bond acceptors (Lipinski definition) is 4. The Hall–Kier alpha value is -1.82. The second-order valence-electron chi connectivity index (χ2n) is 4.00. The van der Waals surface area contributed by atoms with E-state index >= 15 is 0 Å². The van der Waals surface area contributed by atoms with Crippen LogP contribution in [0.4, 0.5) is 5.82 Å². The summed E-state index contributed by atoms with van der Waals surface area (Å²) < 4.78 is 0. The lowest BCUT2D eigenvalue weighted by atomic mass is 10.2. The number of anilines is 1. The maximum atomic E-state index is 12.2. The quantitative estimate of drug-likeness (QED) is 0.716. The van der Waals surface area contributed by atoms with Crippen molar-refractivity contribution in [2.75, 3.05) is 25.4 Å². The summed E-state index contributed by atoms with van der Waals surface area (Å²) >= 11 is 5.76. The van der Waals surface area contributed by atoms with Crippen LogP contribution in [0.25, 0.3) is 0 Å². The highest BCUT2D eigenvalue weighted by Crippen LogP contribution is 2.14. The maximum absolute atomic E-state index is 12.2. The molecule has 7 heteroatoms. The van der Waals surface area contributed by atoms with Crippen molar-refractivity contribution in [2.24, 2.45) is 0 Å². The summed E-state index contributed by atoms with van der Waals surface area (Å²) in [5.74, 6) is -0.0325. The lowest BCUT2D eigenvalue weighted by molar-refractivity contribution is -0.120. The van der Waals surface area contributed by atoms with Gasteiger partial charge in [-0.15, -0.1) is 0 Å². The fraction of sp³-hybridized carbons (Fsp3) is 0.364. The molecule has 0 spiro atoms. The Morgan fingerprint density at radius 1 is 1.44 bits per heavy atom. The summed E-state index contributed by atoms with van der Waals surface area (Å²) in [5, 5.41) is 2.89. The average Bonchev–Trinajstić information content (AvgIpc) is 2.52. The highest BCUT2D eigenvalue weighted by Gasteiger charge is 2.20. The number of carbonyl (C=O) groups excluding carboxylic acids is 2. The zero-order chi connectivity index (χ0) is 13.1. The average molecular weight is 269 g/mol. The van der Waals surface area contributed by atoms with E-state index in [0.29, 0.717) is 31.6 Å². The highest BCUT2D eigenvalue weighted by molar-refractivity contribution is 6.29. The van der Waals surface area contributed by atoms with Gasteiger partial charge in [-0.2, -0.15) is 0 Å². The molecule has 1 fully saturated rings. The fourth-order valence-electron chi connectivity index (χ4n) is 1.79. The van der Waals surface area contributed by atoms with Crippen molar-refractivity contribution in [1.82, 2.24) is 15.2 Å². The predicted molar refractivity (Wildman–Crippen MR) is 67.2 cm³/mol. The molecule has 0 atom stereocenters. The standard InChI is InChI=1S/C11H13ClN4O2/c12-8-5-7(6-9(13)15-8)11(18)16-3-1-10(17)14-2-4-16/h5-6H,1-4H2,(H2,13,15)(H,14,17). The highest BCUT2D eigenvalue weighted by atomic mass is 35.5. The Labute approximate surface area is 109 Å². The van der Waals surface area contributed by atoms with E-state index < -0.39 is 0 Å². The van der Waals surface area contributed by atoms with Crippen molar-refractivity contribution in [1.29, 1.82) is 0 Å². The van der Waals surface area contributed by atoms with Crippen LogP contribution >= 0.6 is 11.6 Å². The minimum atomic E-state index is -0.192.